The third-order valence-corrected chi connectivity index (χ3v) is 6.33. The van der Waals surface area contributed by atoms with Crippen LogP contribution in [-0.4, -0.2) is 68.1 Å². The van der Waals surface area contributed by atoms with Gasteiger partial charge in [-0.3, -0.25) is 4.90 Å². The molecule has 0 amide bonds. The molecule has 3 heterocycles. The van der Waals surface area contributed by atoms with Crippen molar-refractivity contribution in [1.29, 1.82) is 0 Å². The molecule has 1 aliphatic rings. The van der Waals surface area contributed by atoms with Crippen LogP contribution in [0.5, 0.6) is 0 Å². The molecule has 7 nitrogen and oxygen atoms in total. The van der Waals surface area contributed by atoms with E-state index in [1.807, 2.05) is 11.6 Å². The van der Waals surface area contributed by atoms with Gasteiger partial charge in [0.2, 0.25) is 0 Å². The summed E-state index contributed by atoms with van der Waals surface area (Å²) < 4.78 is 1.97. The summed E-state index contributed by atoms with van der Waals surface area (Å²) >= 11 is 1.78. The first-order valence-corrected chi connectivity index (χ1v) is 11.6. The third kappa shape index (κ3) is 5.92. The Morgan fingerprint density at radius 2 is 1.83 bits per heavy atom. The molecule has 0 N–H and O–H groups in total. The molecule has 0 bridgehead atoms. The van der Waals surface area contributed by atoms with Crippen LogP contribution in [0.2, 0.25) is 0 Å². The zero-order valence-electron chi connectivity index (χ0n) is 18.7. The molecular weight excluding hydrogens is 382 g/mol. The highest BCUT2D eigenvalue weighted by molar-refractivity contribution is 7.99. The second-order valence-corrected chi connectivity index (χ2v) is 10.2. The van der Waals surface area contributed by atoms with Crippen LogP contribution in [0.3, 0.4) is 0 Å². The maximum absolute atomic E-state index is 4.93. The van der Waals surface area contributed by atoms with E-state index < -0.39 is 0 Å². The predicted octanol–water partition coefficient (Wildman–Crippen LogP) is 3.33. The topological polar surface area (TPSA) is 63.0 Å². The molecule has 0 aliphatic carbocycles. The van der Waals surface area contributed by atoms with Gasteiger partial charge in [0, 0.05) is 56.2 Å². The Labute approximate surface area is 179 Å². The van der Waals surface area contributed by atoms with E-state index in [0.717, 1.165) is 67.4 Å². The van der Waals surface area contributed by atoms with Crippen LogP contribution < -0.4 is 4.90 Å². The summed E-state index contributed by atoms with van der Waals surface area (Å²) in [6.45, 7) is 16.3. The normalized spacial score (nSPS) is 16.0. The molecule has 0 saturated carbocycles. The fraction of sp³-hybridized carbons (Fsp3) is 0.714. The van der Waals surface area contributed by atoms with Crippen molar-refractivity contribution in [3.63, 3.8) is 0 Å². The van der Waals surface area contributed by atoms with E-state index in [4.69, 9.17) is 9.97 Å². The molecule has 1 aliphatic heterocycles. The lowest BCUT2D eigenvalue weighted by Gasteiger charge is -2.36. The SMILES string of the molecule is CC(C)c1cc(N2CCN(CCCSc3nncn3C)CC2)nc(C(C)(C)C)n1. The van der Waals surface area contributed by atoms with Gasteiger partial charge in [-0.15, -0.1) is 10.2 Å². The Balaban J connectivity index is 1.52. The van der Waals surface area contributed by atoms with E-state index in [-0.39, 0.29) is 5.41 Å². The van der Waals surface area contributed by atoms with E-state index in [0.29, 0.717) is 5.92 Å². The molecule has 0 unspecified atom stereocenters. The van der Waals surface area contributed by atoms with Crippen molar-refractivity contribution >= 4 is 17.6 Å². The van der Waals surface area contributed by atoms with Crippen LogP contribution in [0.25, 0.3) is 0 Å². The number of aromatic nitrogens is 5. The molecule has 1 fully saturated rings. The van der Waals surface area contributed by atoms with Crippen LogP contribution >= 0.6 is 11.8 Å². The van der Waals surface area contributed by atoms with E-state index in [1.165, 1.54) is 0 Å². The molecule has 0 atom stereocenters. The van der Waals surface area contributed by atoms with Gasteiger partial charge in [-0.25, -0.2) is 9.97 Å². The molecule has 160 valence electrons. The number of anilines is 1. The van der Waals surface area contributed by atoms with E-state index >= 15 is 0 Å². The molecule has 2 aromatic rings. The lowest BCUT2D eigenvalue weighted by molar-refractivity contribution is 0.258. The van der Waals surface area contributed by atoms with Crippen molar-refractivity contribution in [2.45, 2.75) is 57.5 Å². The van der Waals surface area contributed by atoms with Crippen molar-refractivity contribution in [3.05, 3.63) is 23.9 Å². The van der Waals surface area contributed by atoms with Gasteiger partial charge in [0.25, 0.3) is 0 Å². The Morgan fingerprint density at radius 3 is 2.41 bits per heavy atom. The number of rotatable bonds is 7. The summed E-state index contributed by atoms with van der Waals surface area (Å²) in [7, 11) is 1.99. The first-order chi connectivity index (χ1) is 13.7. The highest BCUT2D eigenvalue weighted by Gasteiger charge is 2.23. The number of nitrogens with zero attached hydrogens (tertiary/aromatic N) is 7. The lowest BCUT2D eigenvalue weighted by Crippen LogP contribution is -2.47. The molecular formula is C21H35N7S. The molecule has 0 radical (unpaired) electrons. The smallest absolute Gasteiger partial charge is 0.190 e. The van der Waals surface area contributed by atoms with Crippen LogP contribution in [0.15, 0.2) is 17.6 Å². The fourth-order valence-corrected chi connectivity index (χ4v) is 4.11. The Morgan fingerprint density at radius 1 is 1.10 bits per heavy atom. The summed E-state index contributed by atoms with van der Waals surface area (Å²) in [5.41, 5.74) is 1.10. The van der Waals surface area contributed by atoms with Gasteiger partial charge >= 0.3 is 0 Å². The van der Waals surface area contributed by atoms with Gasteiger partial charge in [0.15, 0.2) is 5.16 Å². The second kappa shape index (κ2) is 9.43. The average molecular weight is 418 g/mol. The highest BCUT2D eigenvalue weighted by Crippen LogP contribution is 2.26. The van der Waals surface area contributed by atoms with Crippen LogP contribution in [-0.2, 0) is 12.5 Å². The quantitative estimate of drug-likeness (QED) is 0.506. The van der Waals surface area contributed by atoms with Crippen molar-refractivity contribution < 1.29 is 0 Å². The minimum absolute atomic E-state index is 0.0398. The Hall–Kier alpha value is -1.67. The number of aryl methyl sites for hydroxylation is 1. The predicted molar refractivity (Wildman–Crippen MR) is 120 cm³/mol. The van der Waals surface area contributed by atoms with Crippen LogP contribution in [0.4, 0.5) is 5.82 Å². The van der Waals surface area contributed by atoms with E-state index in [2.05, 4.69) is 60.7 Å². The monoisotopic (exact) mass is 417 g/mol. The van der Waals surface area contributed by atoms with Crippen molar-refractivity contribution in [3.8, 4) is 0 Å². The number of piperazine rings is 1. The number of hydrogen-bond acceptors (Lipinski definition) is 7. The van der Waals surface area contributed by atoms with Gasteiger partial charge in [0.05, 0.1) is 0 Å². The number of thioether (sulfide) groups is 1. The lowest BCUT2D eigenvalue weighted by atomic mass is 9.95. The van der Waals surface area contributed by atoms with Gasteiger partial charge in [-0.1, -0.05) is 46.4 Å². The van der Waals surface area contributed by atoms with E-state index in [1.54, 1.807) is 18.1 Å². The fourth-order valence-electron chi connectivity index (χ4n) is 3.30. The second-order valence-electron chi connectivity index (χ2n) is 9.13. The maximum atomic E-state index is 4.93. The van der Waals surface area contributed by atoms with Crippen molar-refractivity contribution in [2.24, 2.45) is 7.05 Å². The van der Waals surface area contributed by atoms with Gasteiger partial charge < -0.3 is 9.47 Å². The van der Waals surface area contributed by atoms with Crippen LogP contribution in [0, 0.1) is 0 Å². The molecule has 29 heavy (non-hydrogen) atoms. The van der Waals surface area contributed by atoms with Crippen LogP contribution in [0.1, 0.15) is 58.5 Å². The Kier molecular flexibility index (Phi) is 7.16. The molecule has 2 aromatic heterocycles. The van der Waals surface area contributed by atoms with Crippen molar-refractivity contribution in [2.75, 3.05) is 43.4 Å². The summed E-state index contributed by atoms with van der Waals surface area (Å²) in [4.78, 5) is 14.7. The first kappa shape index (κ1) is 22.0. The summed E-state index contributed by atoms with van der Waals surface area (Å²) in [6.07, 6.45) is 2.92. The van der Waals surface area contributed by atoms with Gasteiger partial charge in [0.1, 0.15) is 18.0 Å². The standard InChI is InChI=1S/C21H35N7S/c1-16(2)17-14-18(24-19(23-17)21(3,4)5)28-11-9-27(10-12-28)8-7-13-29-20-25-22-15-26(20)6/h14-16H,7-13H2,1-6H3. The summed E-state index contributed by atoms with van der Waals surface area (Å²) in [5, 5.41) is 9.06. The first-order valence-electron chi connectivity index (χ1n) is 10.6. The molecule has 0 aromatic carbocycles. The maximum Gasteiger partial charge on any atom is 0.190 e. The minimum Gasteiger partial charge on any atom is -0.354 e. The zero-order valence-corrected chi connectivity index (χ0v) is 19.5. The Bertz CT molecular complexity index is 789. The molecule has 1 saturated heterocycles. The number of hydrogen-bond donors (Lipinski definition) is 0. The average Bonchev–Trinajstić information content (AvgIpc) is 3.09. The third-order valence-electron chi connectivity index (χ3n) is 5.21. The zero-order chi connectivity index (χ0) is 21.0. The minimum atomic E-state index is -0.0398. The van der Waals surface area contributed by atoms with Crippen molar-refractivity contribution in [1.82, 2.24) is 29.6 Å². The van der Waals surface area contributed by atoms with E-state index in [9.17, 15) is 0 Å². The summed E-state index contributed by atoms with van der Waals surface area (Å²) in [6, 6.07) is 2.19. The molecule has 8 heteroatoms. The highest BCUT2D eigenvalue weighted by atomic mass is 32.2. The van der Waals surface area contributed by atoms with Gasteiger partial charge in [-0.2, -0.15) is 0 Å². The largest absolute Gasteiger partial charge is 0.354 e. The van der Waals surface area contributed by atoms with Gasteiger partial charge in [-0.05, 0) is 18.9 Å². The molecule has 0 spiro atoms. The molecule has 3 rings (SSSR count). The summed E-state index contributed by atoms with van der Waals surface area (Å²) in [5.74, 6) is 3.52.